The highest BCUT2D eigenvalue weighted by Crippen LogP contribution is 2.07. The first-order valence-electron chi connectivity index (χ1n) is 5.97. The molecule has 0 aliphatic heterocycles. The van der Waals surface area contributed by atoms with Crippen LogP contribution >= 0.6 is 0 Å². The van der Waals surface area contributed by atoms with Crippen molar-refractivity contribution in [1.82, 2.24) is 5.32 Å². The molecule has 0 spiro atoms. The number of hydrogen-bond acceptors (Lipinski definition) is 2. The summed E-state index contributed by atoms with van der Waals surface area (Å²) in [5, 5.41) is 3.35. The van der Waals surface area contributed by atoms with Gasteiger partial charge in [-0.3, -0.25) is 0 Å². The standard InChI is InChI=1S/C12H27NO/c1-5-6-9-14-10-7-8-12(13-4)11(2)3/h11-13H,5-10H2,1-4H3. The Balaban J connectivity index is 3.25. The summed E-state index contributed by atoms with van der Waals surface area (Å²) in [6.45, 7) is 8.57. The molecule has 86 valence electrons. The van der Waals surface area contributed by atoms with E-state index in [4.69, 9.17) is 4.74 Å². The molecule has 2 nitrogen and oxygen atoms in total. The third-order valence-electron chi connectivity index (χ3n) is 2.62. The van der Waals surface area contributed by atoms with Crippen LogP contribution in [0.1, 0.15) is 46.5 Å². The molecular weight excluding hydrogens is 174 g/mol. The molecule has 0 amide bonds. The molecule has 0 saturated carbocycles. The Bertz CT molecular complexity index is 115. The number of ether oxygens (including phenoxy) is 1. The maximum Gasteiger partial charge on any atom is 0.0466 e. The minimum absolute atomic E-state index is 0.643. The number of hydrogen-bond donors (Lipinski definition) is 1. The van der Waals surface area contributed by atoms with Crippen molar-refractivity contribution in [2.45, 2.75) is 52.5 Å². The van der Waals surface area contributed by atoms with Gasteiger partial charge in [0, 0.05) is 19.3 Å². The van der Waals surface area contributed by atoms with E-state index in [1.165, 1.54) is 25.7 Å². The lowest BCUT2D eigenvalue weighted by Gasteiger charge is -2.19. The van der Waals surface area contributed by atoms with Crippen molar-refractivity contribution >= 4 is 0 Å². The minimum Gasteiger partial charge on any atom is -0.381 e. The van der Waals surface area contributed by atoms with E-state index >= 15 is 0 Å². The first-order chi connectivity index (χ1) is 6.72. The van der Waals surface area contributed by atoms with Crippen LogP contribution in [0.25, 0.3) is 0 Å². The first kappa shape index (κ1) is 13.9. The smallest absolute Gasteiger partial charge is 0.0466 e. The molecule has 0 heterocycles. The van der Waals surface area contributed by atoms with Crippen LogP contribution in [0.5, 0.6) is 0 Å². The summed E-state index contributed by atoms with van der Waals surface area (Å²) in [5.74, 6) is 0.718. The van der Waals surface area contributed by atoms with Gasteiger partial charge in [0.2, 0.25) is 0 Å². The third kappa shape index (κ3) is 7.34. The maximum atomic E-state index is 5.52. The van der Waals surface area contributed by atoms with Crippen molar-refractivity contribution in [2.24, 2.45) is 5.92 Å². The van der Waals surface area contributed by atoms with Crippen LogP contribution in [0, 0.1) is 5.92 Å². The summed E-state index contributed by atoms with van der Waals surface area (Å²) in [6.07, 6.45) is 4.82. The SMILES string of the molecule is CCCCOCCCC(NC)C(C)C. The second-order valence-electron chi connectivity index (χ2n) is 4.25. The Morgan fingerprint density at radius 3 is 2.29 bits per heavy atom. The fraction of sp³-hybridized carbons (Fsp3) is 1.00. The second kappa shape index (κ2) is 9.47. The molecule has 2 heteroatoms. The Kier molecular flexibility index (Phi) is 9.42. The topological polar surface area (TPSA) is 21.3 Å². The van der Waals surface area contributed by atoms with Gasteiger partial charge in [-0.2, -0.15) is 0 Å². The fourth-order valence-corrected chi connectivity index (χ4v) is 1.56. The van der Waals surface area contributed by atoms with Gasteiger partial charge in [0.05, 0.1) is 0 Å². The van der Waals surface area contributed by atoms with Crippen LogP contribution in [0.2, 0.25) is 0 Å². The van der Waals surface area contributed by atoms with E-state index in [-0.39, 0.29) is 0 Å². The highest BCUT2D eigenvalue weighted by Gasteiger charge is 2.09. The van der Waals surface area contributed by atoms with Gasteiger partial charge in [-0.25, -0.2) is 0 Å². The zero-order valence-corrected chi connectivity index (χ0v) is 10.3. The molecule has 0 saturated heterocycles. The molecule has 1 unspecified atom stereocenters. The normalized spacial score (nSPS) is 13.5. The van der Waals surface area contributed by atoms with Crippen LogP contribution in [0.4, 0.5) is 0 Å². The summed E-state index contributed by atoms with van der Waals surface area (Å²) in [7, 11) is 2.04. The Hall–Kier alpha value is -0.0800. The molecule has 0 fully saturated rings. The van der Waals surface area contributed by atoms with Gasteiger partial charge in [0.1, 0.15) is 0 Å². The quantitative estimate of drug-likeness (QED) is 0.579. The van der Waals surface area contributed by atoms with E-state index in [1.54, 1.807) is 0 Å². The van der Waals surface area contributed by atoms with Crippen molar-refractivity contribution in [2.75, 3.05) is 20.3 Å². The summed E-state index contributed by atoms with van der Waals surface area (Å²) >= 11 is 0. The molecule has 0 rings (SSSR count). The zero-order chi connectivity index (χ0) is 10.8. The van der Waals surface area contributed by atoms with E-state index in [9.17, 15) is 0 Å². The van der Waals surface area contributed by atoms with E-state index in [0.717, 1.165) is 19.1 Å². The van der Waals surface area contributed by atoms with Crippen molar-refractivity contribution in [1.29, 1.82) is 0 Å². The molecule has 0 aromatic carbocycles. The summed E-state index contributed by atoms with van der Waals surface area (Å²) < 4.78 is 5.52. The molecule has 0 aromatic rings. The molecule has 0 aromatic heterocycles. The molecule has 1 N–H and O–H groups in total. The molecule has 1 atom stereocenters. The van der Waals surface area contributed by atoms with E-state index in [1.807, 2.05) is 7.05 Å². The number of nitrogens with one attached hydrogen (secondary N) is 1. The predicted octanol–water partition coefficient (Wildman–Crippen LogP) is 2.83. The summed E-state index contributed by atoms with van der Waals surface area (Å²) in [4.78, 5) is 0. The van der Waals surface area contributed by atoms with E-state index < -0.39 is 0 Å². The Morgan fingerprint density at radius 1 is 1.14 bits per heavy atom. The first-order valence-corrected chi connectivity index (χ1v) is 5.97. The highest BCUT2D eigenvalue weighted by atomic mass is 16.5. The largest absolute Gasteiger partial charge is 0.381 e. The van der Waals surface area contributed by atoms with Gasteiger partial charge >= 0.3 is 0 Å². The van der Waals surface area contributed by atoms with Gasteiger partial charge in [-0.15, -0.1) is 0 Å². The van der Waals surface area contributed by atoms with Crippen LogP contribution in [0.3, 0.4) is 0 Å². The highest BCUT2D eigenvalue weighted by molar-refractivity contribution is 4.67. The predicted molar refractivity (Wildman–Crippen MR) is 62.6 cm³/mol. The average molecular weight is 201 g/mol. The van der Waals surface area contributed by atoms with Crippen molar-refractivity contribution in [3.63, 3.8) is 0 Å². The number of rotatable bonds is 9. The van der Waals surface area contributed by atoms with Crippen molar-refractivity contribution < 1.29 is 4.74 Å². The molecule has 0 aliphatic rings. The van der Waals surface area contributed by atoms with Gasteiger partial charge in [0.15, 0.2) is 0 Å². The summed E-state index contributed by atoms with van der Waals surface area (Å²) in [6, 6.07) is 0.643. The van der Waals surface area contributed by atoms with Crippen molar-refractivity contribution in [3.8, 4) is 0 Å². The minimum atomic E-state index is 0.643. The van der Waals surface area contributed by atoms with Gasteiger partial charge < -0.3 is 10.1 Å². The lowest BCUT2D eigenvalue weighted by atomic mass is 10.00. The second-order valence-corrected chi connectivity index (χ2v) is 4.25. The van der Waals surface area contributed by atoms with Gasteiger partial charge in [-0.05, 0) is 32.2 Å². The van der Waals surface area contributed by atoms with E-state index in [2.05, 4.69) is 26.1 Å². The lowest BCUT2D eigenvalue weighted by molar-refractivity contribution is 0.124. The summed E-state index contributed by atoms with van der Waals surface area (Å²) in [5.41, 5.74) is 0. The molecule has 0 bridgehead atoms. The third-order valence-corrected chi connectivity index (χ3v) is 2.62. The molecular formula is C12H27NO. The number of unbranched alkanes of at least 4 members (excludes halogenated alkanes) is 1. The van der Waals surface area contributed by atoms with Crippen LogP contribution in [0.15, 0.2) is 0 Å². The van der Waals surface area contributed by atoms with Gasteiger partial charge in [-0.1, -0.05) is 27.2 Å². The Morgan fingerprint density at radius 2 is 1.79 bits per heavy atom. The lowest BCUT2D eigenvalue weighted by Crippen LogP contribution is -2.30. The van der Waals surface area contributed by atoms with Crippen LogP contribution < -0.4 is 5.32 Å². The average Bonchev–Trinajstić information content (AvgIpc) is 2.16. The van der Waals surface area contributed by atoms with E-state index in [0.29, 0.717) is 6.04 Å². The van der Waals surface area contributed by atoms with Crippen LogP contribution in [-0.4, -0.2) is 26.3 Å². The zero-order valence-electron chi connectivity index (χ0n) is 10.3. The molecule has 0 aliphatic carbocycles. The monoisotopic (exact) mass is 201 g/mol. The van der Waals surface area contributed by atoms with Crippen molar-refractivity contribution in [3.05, 3.63) is 0 Å². The van der Waals surface area contributed by atoms with Crippen LogP contribution in [-0.2, 0) is 4.74 Å². The Labute approximate surface area is 89.4 Å². The molecule has 0 radical (unpaired) electrons. The fourth-order valence-electron chi connectivity index (χ4n) is 1.56. The van der Waals surface area contributed by atoms with Gasteiger partial charge in [0.25, 0.3) is 0 Å². The molecule has 14 heavy (non-hydrogen) atoms. The maximum absolute atomic E-state index is 5.52.